The highest BCUT2D eigenvalue weighted by atomic mass is 16.7. The lowest BCUT2D eigenvalue weighted by Crippen LogP contribution is -2.24. The van der Waals surface area contributed by atoms with E-state index in [4.69, 9.17) is 6.42 Å². The molecule has 0 spiro atoms. The van der Waals surface area contributed by atoms with Gasteiger partial charge in [0.2, 0.25) is 0 Å². The fraction of sp³-hybridized carbons (Fsp3) is 0.500. The molecule has 0 N–H and O–H groups in total. The minimum atomic E-state index is -0.208. The van der Waals surface area contributed by atoms with Gasteiger partial charge in [-0.3, -0.25) is 9.63 Å². The molecule has 0 bridgehead atoms. The van der Waals surface area contributed by atoms with Crippen molar-refractivity contribution in [2.24, 2.45) is 0 Å². The average Bonchev–Trinajstić information content (AvgIpc) is 1.87. The van der Waals surface area contributed by atoms with Gasteiger partial charge >= 0.3 is 0 Å². The molecule has 3 nitrogen and oxygen atoms in total. The number of carbonyl (C=O) groups excluding carboxylic acids is 1. The van der Waals surface area contributed by atoms with Gasteiger partial charge in [0.15, 0.2) is 0 Å². The van der Waals surface area contributed by atoms with E-state index < -0.39 is 0 Å². The minimum absolute atomic E-state index is 0.0876. The summed E-state index contributed by atoms with van der Waals surface area (Å²) in [7, 11) is 2.92. The lowest BCUT2D eigenvalue weighted by atomic mass is 10.4. The van der Waals surface area contributed by atoms with Crippen molar-refractivity contribution < 1.29 is 9.63 Å². The molecule has 0 saturated carbocycles. The summed E-state index contributed by atoms with van der Waals surface area (Å²) in [4.78, 5) is 15.2. The summed E-state index contributed by atoms with van der Waals surface area (Å²) in [6, 6.07) is 0. The van der Waals surface area contributed by atoms with Crippen LogP contribution in [-0.4, -0.2) is 25.1 Å². The summed E-state index contributed by atoms with van der Waals surface area (Å²) < 4.78 is 0. The molecule has 50 valence electrons. The van der Waals surface area contributed by atoms with Gasteiger partial charge in [-0.25, -0.2) is 5.06 Å². The summed E-state index contributed by atoms with van der Waals surface area (Å²) in [5.41, 5.74) is 0. The summed E-state index contributed by atoms with van der Waals surface area (Å²) in [5, 5.41) is 1.10. The van der Waals surface area contributed by atoms with E-state index in [0.717, 1.165) is 5.06 Å². The highest BCUT2D eigenvalue weighted by Gasteiger charge is 2.03. The zero-order valence-electron chi connectivity index (χ0n) is 5.55. The summed E-state index contributed by atoms with van der Waals surface area (Å²) in [5.74, 6) is 2.00. The first-order valence-corrected chi connectivity index (χ1v) is 2.46. The van der Waals surface area contributed by atoms with Crippen molar-refractivity contribution in [3.63, 3.8) is 0 Å². The van der Waals surface area contributed by atoms with E-state index in [9.17, 15) is 4.79 Å². The monoisotopic (exact) mass is 127 g/mol. The predicted octanol–water partition coefficient (Wildman–Crippen LogP) is 0.0295. The Kier molecular flexibility index (Phi) is 3.49. The Bertz CT molecular complexity index is 136. The zero-order chi connectivity index (χ0) is 7.28. The molecule has 0 aliphatic carbocycles. The van der Waals surface area contributed by atoms with Crippen molar-refractivity contribution in [2.75, 3.05) is 14.2 Å². The summed E-state index contributed by atoms with van der Waals surface area (Å²) in [6.07, 6.45) is 4.96. The Balaban J connectivity index is 3.62. The molecule has 0 unspecified atom stereocenters. The van der Waals surface area contributed by atoms with Crippen molar-refractivity contribution in [3.05, 3.63) is 0 Å². The number of nitrogens with zero attached hydrogens (tertiary/aromatic N) is 1. The van der Waals surface area contributed by atoms with Crippen LogP contribution in [0.2, 0.25) is 0 Å². The molecular weight excluding hydrogens is 118 g/mol. The maximum absolute atomic E-state index is 10.6. The Hall–Kier alpha value is -1.01. The molecule has 0 aliphatic heterocycles. The van der Waals surface area contributed by atoms with Crippen molar-refractivity contribution in [1.82, 2.24) is 5.06 Å². The van der Waals surface area contributed by atoms with Gasteiger partial charge in [0, 0.05) is 7.05 Å². The van der Waals surface area contributed by atoms with E-state index in [1.165, 1.54) is 14.2 Å². The van der Waals surface area contributed by atoms with Crippen LogP contribution in [0.3, 0.4) is 0 Å². The SMILES string of the molecule is C#CCC(=O)N(C)OC. The molecule has 0 saturated heterocycles. The molecule has 0 atom stereocenters. The maximum Gasteiger partial charge on any atom is 0.257 e. The first-order chi connectivity index (χ1) is 4.22. The van der Waals surface area contributed by atoms with Crippen LogP contribution in [0.1, 0.15) is 6.42 Å². The van der Waals surface area contributed by atoms with E-state index in [1.807, 2.05) is 0 Å². The lowest BCUT2D eigenvalue weighted by molar-refractivity contribution is -0.167. The molecule has 3 heteroatoms. The topological polar surface area (TPSA) is 29.5 Å². The molecule has 0 fully saturated rings. The number of hydroxylamine groups is 2. The van der Waals surface area contributed by atoms with Crippen molar-refractivity contribution >= 4 is 5.91 Å². The molecule has 0 aromatic rings. The molecule has 0 rings (SSSR count). The van der Waals surface area contributed by atoms with Crippen LogP contribution < -0.4 is 0 Å². The van der Waals surface area contributed by atoms with Crippen LogP contribution in [-0.2, 0) is 9.63 Å². The predicted molar refractivity (Wildman–Crippen MR) is 33.2 cm³/mol. The molecule has 9 heavy (non-hydrogen) atoms. The van der Waals surface area contributed by atoms with Gasteiger partial charge in [-0.15, -0.1) is 6.42 Å². The van der Waals surface area contributed by atoms with Crippen LogP contribution in [0.5, 0.6) is 0 Å². The van der Waals surface area contributed by atoms with Crippen LogP contribution in [0.4, 0.5) is 0 Å². The fourth-order valence-electron chi connectivity index (χ4n) is 0.300. The number of terminal acetylenes is 1. The summed E-state index contributed by atoms with van der Waals surface area (Å²) in [6.45, 7) is 0. The van der Waals surface area contributed by atoms with E-state index >= 15 is 0 Å². The van der Waals surface area contributed by atoms with Crippen LogP contribution in [0.15, 0.2) is 0 Å². The Morgan fingerprint density at radius 1 is 1.89 bits per heavy atom. The largest absolute Gasteiger partial charge is 0.275 e. The van der Waals surface area contributed by atoms with Gasteiger partial charge in [0.1, 0.15) is 0 Å². The normalized spacial score (nSPS) is 8.11. The number of hydrogen-bond acceptors (Lipinski definition) is 2. The molecule has 0 aromatic heterocycles. The highest BCUT2D eigenvalue weighted by Crippen LogP contribution is 1.86. The average molecular weight is 127 g/mol. The first kappa shape index (κ1) is 7.99. The number of carbonyl (C=O) groups is 1. The Morgan fingerprint density at radius 3 is 2.78 bits per heavy atom. The zero-order valence-corrected chi connectivity index (χ0v) is 5.55. The van der Waals surface area contributed by atoms with Crippen LogP contribution >= 0.6 is 0 Å². The molecule has 0 heterocycles. The van der Waals surface area contributed by atoms with E-state index in [-0.39, 0.29) is 12.3 Å². The second-order valence-corrected chi connectivity index (χ2v) is 1.45. The number of hydrogen-bond donors (Lipinski definition) is 0. The van der Waals surface area contributed by atoms with Gasteiger partial charge in [0.25, 0.3) is 5.91 Å². The van der Waals surface area contributed by atoms with Gasteiger partial charge in [-0.05, 0) is 0 Å². The molecule has 0 aliphatic rings. The third-order valence-electron chi connectivity index (χ3n) is 0.878. The maximum atomic E-state index is 10.6. The van der Waals surface area contributed by atoms with Crippen molar-refractivity contribution in [1.29, 1.82) is 0 Å². The van der Waals surface area contributed by atoms with Gasteiger partial charge in [-0.1, -0.05) is 5.92 Å². The van der Waals surface area contributed by atoms with Crippen molar-refractivity contribution in [3.8, 4) is 12.3 Å². The van der Waals surface area contributed by atoms with Crippen LogP contribution in [0, 0.1) is 12.3 Å². The van der Waals surface area contributed by atoms with Gasteiger partial charge < -0.3 is 0 Å². The molecular formula is C6H9NO2. The van der Waals surface area contributed by atoms with Crippen molar-refractivity contribution in [2.45, 2.75) is 6.42 Å². The molecule has 0 radical (unpaired) electrons. The standard InChI is InChI=1S/C6H9NO2/c1-4-5-6(8)7(2)9-3/h1H,5H2,2-3H3. The number of amides is 1. The van der Waals surface area contributed by atoms with Gasteiger partial charge in [-0.2, -0.15) is 0 Å². The summed E-state index contributed by atoms with van der Waals surface area (Å²) >= 11 is 0. The van der Waals surface area contributed by atoms with E-state index in [2.05, 4.69) is 10.8 Å². The first-order valence-electron chi connectivity index (χ1n) is 2.46. The second kappa shape index (κ2) is 3.93. The molecule has 1 amide bonds. The fourth-order valence-corrected chi connectivity index (χ4v) is 0.300. The third kappa shape index (κ3) is 2.73. The van der Waals surface area contributed by atoms with E-state index in [0.29, 0.717) is 0 Å². The Morgan fingerprint density at radius 2 is 2.44 bits per heavy atom. The molecule has 0 aromatic carbocycles. The Labute approximate surface area is 54.6 Å². The quantitative estimate of drug-likeness (QED) is 0.387. The smallest absolute Gasteiger partial charge is 0.257 e. The number of rotatable bonds is 2. The lowest BCUT2D eigenvalue weighted by Gasteiger charge is -2.10. The van der Waals surface area contributed by atoms with Gasteiger partial charge in [0.05, 0.1) is 13.5 Å². The third-order valence-corrected chi connectivity index (χ3v) is 0.878. The van der Waals surface area contributed by atoms with Crippen LogP contribution in [0.25, 0.3) is 0 Å². The minimum Gasteiger partial charge on any atom is -0.275 e. The van der Waals surface area contributed by atoms with E-state index in [1.54, 1.807) is 0 Å². The second-order valence-electron chi connectivity index (χ2n) is 1.45. The highest BCUT2D eigenvalue weighted by molar-refractivity contribution is 5.77.